The van der Waals surface area contributed by atoms with E-state index in [1.165, 1.54) is 6.07 Å². The molecule has 9 nitrogen and oxygen atoms in total. The van der Waals surface area contributed by atoms with E-state index in [9.17, 15) is 13.2 Å². The van der Waals surface area contributed by atoms with Crippen molar-refractivity contribution in [2.75, 3.05) is 36.8 Å². The number of nitrogens with two attached hydrogens (primary N) is 1. The lowest BCUT2D eigenvalue weighted by atomic mass is 10.0. The molecule has 0 aliphatic carbocycles. The Morgan fingerprint density at radius 1 is 1.29 bits per heavy atom. The number of carbonyl (C=O) groups excluding carboxylic acids is 1. The molecule has 1 saturated heterocycles. The number of carbonyl (C=O) groups is 1. The maximum absolute atomic E-state index is 13.2. The number of rotatable bonds is 11. The minimum Gasteiger partial charge on any atom is -0.489 e. The summed E-state index contributed by atoms with van der Waals surface area (Å²) < 4.78 is 38.6. The van der Waals surface area contributed by atoms with Crippen LogP contribution in [0.4, 0.5) is 5.69 Å². The van der Waals surface area contributed by atoms with E-state index in [-0.39, 0.29) is 30.1 Å². The van der Waals surface area contributed by atoms with Gasteiger partial charge in [0.05, 0.1) is 23.9 Å². The number of nitrogens with one attached hydrogen (secondary N) is 1. The molecule has 0 amide bonds. The Morgan fingerprint density at radius 3 is 2.71 bits per heavy atom. The number of nitrogen functional groups attached to an aromatic ring is 1. The largest absolute Gasteiger partial charge is 0.489 e. The third-order valence-corrected chi connectivity index (χ3v) is 8.31. The number of piperidine rings is 1. The van der Waals surface area contributed by atoms with E-state index in [1.807, 2.05) is 6.07 Å². The van der Waals surface area contributed by atoms with Gasteiger partial charge in [-0.15, -0.1) is 0 Å². The van der Waals surface area contributed by atoms with Gasteiger partial charge in [-0.25, -0.2) is 8.42 Å². The van der Waals surface area contributed by atoms with Gasteiger partial charge in [0.2, 0.25) is 10.0 Å². The van der Waals surface area contributed by atoms with Crippen molar-refractivity contribution in [1.82, 2.24) is 4.90 Å². The normalized spacial score (nSPS) is 18.3. The van der Waals surface area contributed by atoms with E-state index >= 15 is 0 Å². The first-order valence-corrected chi connectivity index (χ1v) is 14.4. The Hall–Kier alpha value is -3.08. The molecule has 2 atom stereocenters. The van der Waals surface area contributed by atoms with Crippen molar-refractivity contribution in [3.05, 3.63) is 64.7 Å². The zero-order valence-corrected chi connectivity index (χ0v) is 23.5. The van der Waals surface area contributed by atoms with E-state index in [0.29, 0.717) is 23.0 Å². The topological polar surface area (TPSA) is 126 Å². The third-order valence-electron chi connectivity index (χ3n) is 6.38. The van der Waals surface area contributed by atoms with Crippen LogP contribution >= 0.6 is 11.6 Å². The average Bonchev–Trinajstić information content (AvgIpc) is 2.85. The first-order chi connectivity index (χ1) is 18.0. The van der Waals surface area contributed by atoms with Gasteiger partial charge in [-0.1, -0.05) is 42.0 Å². The van der Waals surface area contributed by atoms with Crippen molar-refractivity contribution in [3.63, 3.8) is 0 Å². The Morgan fingerprint density at radius 2 is 2.05 bits per heavy atom. The predicted molar refractivity (Wildman–Crippen MR) is 151 cm³/mol. The molecule has 2 unspecified atom stereocenters. The molecule has 0 aromatic heterocycles. The molecular formula is C27H35ClN4O5S. The van der Waals surface area contributed by atoms with E-state index in [2.05, 4.69) is 18.9 Å². The van der Waals surface area contributed by atoms with Gasteiger partial charge in [0.15, 0.2) is 5.75 Å². The number of halogens is 1. The second-order valence-corrected chi connectivity index (χ2v) is 11.5. The lowest BCUT2D eigenvalue weighted by Crippen LogP contribution is -2.41. The van der Waals surface area contributed by atoms with Crippen molar-refractivity contribution >= 4 is 45.2 Å². The van der Waals surface area contributed by atoms with Gasteiger partial charge in [-0.05, 0) is 63.6 Å². The maximum atomic E-state index is 13.2. The zero-order valence-electron chi connectivity index (χ0n) is 21.9. The molecule has 1 aliphatic heterocycles. The quantitative estimate of drug-likeness (QED) is 0.242. The van der Waals surface area contributed by atoms with Crippen LogP contribution in [0.25, 0.3) is 6.08 Å². The molecule has 11 heteroatoms. The summed E-state index contributed by atoms with van der Waals surface area (Å²) in [7, 11) is -2.01. The van der Waals surface area contributed by atoms with Crippen LogP contribution in [0.15, 0.2) is 48.5 Å². The van der Waals surface area contributed by atoms with E-state index in [4.69, 9.17) is 32.2 Å². The summed E-state index contributed by atoms with van der Waals surface area (Å²) in [5.41, 5.74) is 7.16. The minimum atomic E-state index is -4.09. The molecule has 206 valence electrons. The van der Waals surface area contributed by atoms with Crippen molar-refractivity contribution in [1.29, 1.82) is 5.41 Å². The highest BCUT2D eigenvalue weighted by Gasteiger charge is 2.28. The lowest BCUT2D eigenvalue weighted by molar-refractivity contribution is -0.139. The number of esters is 1. The van der Waals surface area contributed by atoms with Gasteiger partial charge in [-0.2, -0.15) is 0 Å². The SMILES string of the molecule is CCOC(=O)CS(=O)(=O)N(C/C=C/c1cccc(C(=N)N)c1)c1ccc(OC2CCN(C)C(C)C2)c(Cl)c1. The molecule has 2 aromatic rings. The summed E-state index contributed by atoms with van der Waals surface area (Å²) in [4.78, 5) is 14.3. The molecule has 3 N–H and O–H groups in total. The Labute approximate surface area is 229 Å². The van der Waals surface area contributed by atoms with Crippen LogP contribution in [-0.4, -0.2) is 69.8 Å². The lowest BCUT2D eigenvalue weighted by Gasteiger charge is -2.35. The number of likely N-dealkylation sites (tertiary alicyclic amines) is 1. The van der Waals surface area contributed by atoms with Crippen LogP contribution in [-0.2, 0) is 19.6 Å². The molecule has 3 rings (SSSR count). The molecule has 0 spiro atoms. The van der Waals surface area contributed by atoms with Gasteiger partial charge in [0, 0.05) is 18.2 Å². The summed E-state index contributed by atoms with van der Waals surface area (Å²) in [6, 6.07) is 12.2. The van der Waals surface area contributed by atoms with Crippen LogP contribution in [0, 0.1) is 5.41 Å². The number of benzene rings is 2. The second kappa shape index (κ2) is 13.1. The van der Waals surface area contributed by atoms with E-state index in [0.717, 1.165) is 29.3 Å². The van der Waals surface area contributed by atoms with Gasteiger partial charge >= 0.3 is 5.97 Å². The predicted octanol–water partition coefficient (Wildman–Crippen LogP) is 3.90. The van der Waals surface area contributed by atoms with Crippen LogP contribution in [0.3, 0.4) is 0 Å². The van der Waals surface area contributed by atoms with Crippen molar-refractivity contribution in [3.8, 4) is 5.75 Å². The molecule has 2 aromatic carbocycles. The van der Waals surface area contributed by atoms with E-state index < -0.39 is 21.7 Å². The number of nitrogens with zero attached hydrogens (tertiary/aromatic N) is 2. The number of sulfonamides is 1. The number of hydrogen-bond acceptors (Lipinski definition) is 7. The minimum absolute atomic E-state index is 0.0156. The first kappa shape index (κ1) is 29.5. The van der Waals surface area contributed by atoms with Crippen LogP contribution in [0.2, 0.25) is 5.02 Å². The molecule has 0 radical (unpaired) electrons. The number of ether oxygens (including phenoxy) is 2. The average molecular weight is 563 g/mol. The van der Waals surface area contributed by atoms with Crippen LogP contribution < -0.4 is 14.8 Å². The summed E-state index contributed by atoms with van der Waals surface area (Å²) in [6.07, 6.45) is 5.13. The highest BCUT2D eigenvalue weighted by molar-refractivity contribution is 7.93. The fourth-order valence-corrected chi connectivity index (χ4v) is 5.68. The maximum Gasteiger partial charge on any atom is 0.323 e. The van der Waals surface area contributed by atoms with Gasteiger partial charge in [0.1, 0.15) is 17.7 Å². The first-order valence-electron chi connectivity index (χ1n) is 12.4. The fourth-order valence-electron chi connectivity index (χ4n) is 4.18. The highest BCUT2D eigenvalue weighted by atomic mass is 35.5. The van der Waals surface area contributed by atoms with Crippen molar-refractivity contribution < 1.29 is 22.7 Å². The molecule has 38 heavy (non-hydrogen) atoms. The third kappa shape index (κ3) is 7.96. The molecular weight excluding hydrogens is 528 g/mol. The monoisotopic (exact) mass is 562 g/mol. The highest BCUT2D eigenvalue weighted by Crippen LogP contribution is 2.33. The molecule has 1 heterocycles. The summed E-state index contributed by atoms with van der Waals surface area (Å²) >= 11 is 6.54. The van der Waals surface area contributed by atoms with Crippen LogP contribution in [0.1, 0.15) is 37.8 Å². The molecule has 1 aliphatic rings. The summed E-state index contributed by atoms with van der Waals surface area (Å²) in [6.45, 7) is 4.70. The zero-order chi connectivity index (χ0) is 27.9. The molecule has 0 bridgehead atoms. The van der Waals surface area contributed by atoms with Crippen LogP contribution in [0.5, 0.6) is 5.75 Å². The Balaban J connectivity index is 1.85. The standard InChI is InChI=1S/C27H35ClN4O5S/c1-4-36-26(33)18-38(34,35)32(13-6-8-20-7-5-9-21(16-20)27(29)30)22-10-11-25(24(28)17-22)37-23-12-14-31(3)19(2)15-23/h5-11,16-17,19,23H,4,12-15,18H2,1-3H3,(H3,29,30)/b8-6+. The smallest absolute Gasteiger partial charge is 0.323 e. The number of anilines is 1. The van der Waals surface area contributed by atoms with Crippen molar-refractivity contribution in [2.24, 2.45) is 5.73 Å². The Kier molecular flexibility index (Phi) is 10.2. The number of hydrogen-bond donors (Lipinski definition) is 2. The summed E-state index contributed by atoms with van der Waals surface area (Å²) in [5.74, 6) is -1.22. The van der Waals surface area contributed by atoms with E-state index in [1.54, 1.807) is 49.4 Å². The summed E-state index contributed by atoms with van der Waals surface area (Å²) in [5, 5.41) is 7.89. The fraction of sp³-hybridized carbons (Fsp3) is 0.407. The van der Waals surface area contributed by atoms with Gasteiger partial charge < -0.3 is 20.1 Å². The molecule has 1 fully saturated rings. The van der Waals surface area contributed by atoms with Crippen molar-refractivity contribution in [2.45, 2.75) is 38.8 Å². The van der Waals surface area contributed by atoms with Gasteiger partial charge in [-0.3, -0.25) is 14.5 Å². The second-order valence-electron chi connectivity index (χ2n) is 9.24. The molecule has 0 saturated carbocycles. The van der Waals surface area contributed by atoms with Gasteiger partial charge in [0.25, 0.3) is 0 Å². The number of amidine groups is 1. The Bertz CT molecular complexity index is 1280.